The molecule has 0 radical (unpaired) electrons. The Bertz CT molecular complexity index is 1570. The molecule has 1 fully saturated rings. The second-order valence-electron chi connectivity index (χ2n) is 8.34. The van der Waals surface area contributed by atoms with Crippen LogP contribution in [0.15, 0.2) is 45.0 Å². The van der Waals surface area contributed by atoms with Crippen LogP contribution in [0.2, 0.25) is 0 Å². The van der Waals surface area contributed by atoms with Crippen molar-refractivity contribution < 1.29 is 33.5 Å². The molecule has 3 aromatic rings. The third kappa shape index (κ3) is 5.46. The number of hydrogen-bond donors (Lipinski definition) is 5. The Labute approximate surface area is 207 Å². The van der Waals surface area contributed by atoms with E-state index in [0.29, 0.717) is 17.9 Å². The van der Waals surface area contributed by atoms with Gasteiger partial charge in [-0.05, 0) is 26.0 Å². The Morgan fingerprint density at radius 3 is 2.65 bits per heavy atom. The molecule has 16 heteroatoms. The van der Waals surface area contributed by atoms with E-state index in [9.17, 15) is 28.8 Å². The minimum atomic E-state index is -4.93. The van der Waals surface area contributed by atoms with Crippen molar-refractivity contribution in [2.45, 2.75) is 44.9 Å². The Morgan fingerprint density at radius 1 is 1.27 bits per heavy atom. The predicted molar refractivity (Wildman–Crippen MR) is 127 cm³/mol. The van der Waals surface area contributed by atoms with E-state index in [-0.39, 0.29) is 10.9 Å². The quantitative estimate of drug-likeness (QED) is 0.224. The number of aryl methyl sites for hydroxylation is 2. The maximum absolute atomic E-state index is 13.3. The summed E-state index contributed by atoms with van der Waals surface area (Å²) < 4.78 is 23.7. The number of pyridine rings is 2. The number of aromatic amines is 1. The van der Waals surface area contributed by atoms with Gasteiger partial charge in [0.2, 0.25) is 5.43 Å². The maximum atomic E-state index is 13.3. The molecule has 198 valence electrons. The number of H-pyrrole nitrogens is 1. The Kier molecular flexibility index (Phi) is 7.28. The first kappa shape index (κ1) is 26.6. The fourth-order valence-electron chi connectivity index (χ4n) is 4.07. The number of nitrogens with zero attached hydrogens (tertiary/aromatic N) is 3. The van der Waals surface area contributed by atoms with Gasteiger partial charge in [-0.3, -0.25) is 28.5 Å². The van der Waals surface area contributed by atoms with E-state index in [2.05, 4.69) is 14.8 Å². The number of rotatable bonds is 7. The van der Waals surface area contributed by atoms with Crippen LogP contribution >= 0.6 is 7.82 Å². The van der Waals surface area contributed by atoms with Crippen molar-refractivity contribution in [3.05, 3.63) is 72.9 Å². The number of amides is 1. The fourth-order valence-corrected chi connectivity index (χ4v) is 4.41. The molecule has 5 N–H and O–H groups in total. The highest BCUT2D eigenvalue weighted by Gasteiger charge is 2.47. The number of ether oxygens (including phenoxy) is 1. The SMILES string of the molecule is CCn1cc(C(=O)N[C@@H]2[C@H](O)[C@@H](COP(=O)(O)O)O[C@H]2n2ccc(=O)[nH]c2=O)c(=O)c2ccc(C)nc21. The minimum absolute atomic E-state index is 0.199. The Balaban J connectivity index is 1.72. The molecule has 3 aromatic heterocycles. The second kappa shape index (κ2) is 10.1. The van der Waals surface area contributed by atoms with E-state index in [1.165, 1.54) is 6.20 Å². The molecule has 0 aromatic carbocycles. The Hall–Kier alpha value is -3.46. The molecule has 4 heterocycles. The monoisotopic (exact) mass is 537 g/mol. The zero-order chi connectivity index (χ0) is 27.1. The molecule has 0 saturated carbocycles. The molecule has 1 aliphatic heterocycles. The van der Waals surface area contributed by atoms with Gasteiger partial charge in [-0.25, -0.2) is 14.3 Å². The summed E-state index contributed by atoms with van der Waals surface area (Å²) in [5.74, 6) is -0.902. The first-order chi connectivity index (χ1) is 17.4. The molecule has 0 spiro atoms. The van der Waals surface area contributed by atoms with Gasteiger partial charge in [-0.15, -0.1) is 0 Å². The van der Waals surface area contributed by atoms with E-state index in [0.717, 1.165) is 16.8 Å². The number of aliphatic hydroxyl groups excluding tert-OH is 1. The van der Waals surface area contributed by atoms with Crippen LogP contribution in [0.3, 0.4) is 0 Å². The van der Waals surface area contributed by atoms with Crippen molar-refractivity contribution in [2.75, 3.05) is 6.61 Å². The van der Waals surface area contributed by atoms with Crippen molar-refractivity contribution in [3.63, 3.8) is 0 Å². The van der Waals surface area contributed by atoms with Crippen LogP contribution < -0.4 is 22.0 Å². The third-order valence-electron chi connectivity index (χ3n) is 5.85. The second-order valence-corrected chi connectivity index (χ2v) is 9.58. The zero-order valence-corrected chi connectivity index (χ0v) is 20.5. The van der Waals surface area contributed by atoms with Gasteiger partial charge in [0.15, 0.2) is 6.23 Å². The topological polar surface area (TPSA) is 215 Å². The molecule has 0 unspecified atom stereocenters. The summed E-state index contributed by atoms with van der Waals surface area (Å²) in [7, 11) is -4.93. The highest BCUT2D eigenvalue weighted by atomic mass is 31.2. The van der Waals surface area contributed by atoms with Crippen LogP contribution in [-0.2, 0) is 20.4 Å². The van der Waals surface area contributed by atoms with Crippen LogP contribution in [0.25, 0.3) is 11.0 Å². The zero-order valence-electron chi connectivity index (χ0n) is 19.6. The molecular formula is C21H24N5O10P. The normalized spacial score (nSPS) is 21.9. The minimum Gasteiger partial charge on any atom is -0.388 e. The first-order valence-electron chi connectivity index (χ1n) is 11.1. The highest BCUT2D eigenvalue weighted by Crippen LogP contribution is 2.38. The molecule has 15 nitrogen and oxygen atoms in total. The number of nitrogens with one attached hydrogen (secondary N) is 2. The van der Waals surface area contributed by atoms with Gasteiger partial charge in [-0.1, -0.05) is 0 Å². The standard InChI is InChI=1S/C21H24N5O10P/c1-3-25-8-12(16(28)11-5-4-10(2)22-18(11)25)19(30)24-15-17(29)13(9-35-37(32,33)34)36-20(15)26-7-6-14(27)23-21(26)31/h4-8,13,15,17,20,29H,3,9H2,1-2H3,(H,24,30)(H,23,27,31)(H2,32,33,34)/t13-,15-,17-,20-/m1/s1. The van der Waals surface area contributed by atoms with Gasteiger partial charge >= 0.3 is 13.5 Å². The molecular weight excluding hydrogens is 513 g/mol. The summed E-state index contributed by atoms with van der Waals surface area (Å²) in [4.78, 5) is 74.7. The van der Waals surface area contributed by atoms with Crippen molar-refractivity contribution in [1.29, 1.82) is 0 Å². The van der Waals surface area contributed by atoms with E-state index in [1.54, 1.807) is 30.5 Å². The third-order valence-corrected chi connectivity index (χ3v) is 6.33. The number of aromatic nitrogens is 4. The lowest BCUT2D eigenvalue weighted by molar-refractivity contribution is -0.0460. The van der Waals surface area contributed by atoms with Crippen LogP contribution in [0, 0.1) is 6.92 Å². The van der Waals surface area contributed by atoms with E-state index in [1.807, 2.05) is 4.98 Å². The lowest BCUT2D eigenvalue weighted by atomic mass is 10.1. The Morgan fingerprint density at radius 2 is 2.00 bits per heavy atom. The summed E-state index contributed by atoms with van der Waals surface area (Å²) in [6.45, 7) is 3.17. The van der Waals surface area contributed by atoms with Crippen molar-refractivity contribution >= 4 is 24.8 Å². The number of aliphatic hydroxyl groups is 1. The fraction of sp³-hybridized carbons (Fsp3) is 0.381. The van der Waals surface area contributed by atoms with Gasteiger partial charge in [0.25, 0.3) is 11.5 Å². The largest absolute Gasteiger partial charge is 0.469 e. The molecule has 1 aliphatic rings. The number of carbonyl (C=O) groups excluding carboxylic acids is 1. The molecule has 0 aliphatic carbocycles. The summed E-state index contributed by atoms with van der Waals surface area (Å²) >= 11 is 0. The van der Waals surface area contributed by atoms with Crippen LogP contribution in [0.5, 0.6) is 0 Å². The molecule has 4 rings (SSSR count). The highest BCUT2D eigenvalue weighted by molar-refractivity contribution is 7.46. The van der Waals surface area contributed by atoms with Crippen molar-refractivity contribution in [1.82, 2.24) is 24.4 Å². The molecule has 4 atom stereocenters. The number of phosphoric ester groups is 1. The number of fused-ring (bicyclic) bond motifs is 1. The lowest BCUT2D eigenvalue weighted by Crippen LogP contribution is -2.49. The first-order valence-corrected chi connectivity index (χ1v) is 12.6. The maximum Gasteiger partial charge on any atom is 0.469 e. The van der Waals surface area contributed by atoms with Crippen molar-refractivity contribution in [2.24, 2.45) is 0 Å². The van der Waals surface area contributed by atoms with Crippen molar-refractivity contribution in [3.8, 4) is 0 Å². The van der Waals surface area contributed by atoms with E-state index < -0.39 is 61.5 Å². The van der Waals surface area contributed by atoms with Gasteiger partial charge in [0, 0.05) is 30.7 Å². The average Bonchev–Trinajstić information content (AvgIpc) is 3.12. The van der Waals surface area contributed by atoms with E-state index >= 15 is 0 Å². The van der Waals surface area contributed by atoms with Gasteiger partial charge < -0.3 is 29.5 Å². The number of phosphoric acid groups is 1. The summed E-state index contributed by atoms with van der Waals surface area (Å²) in [5.41, 5.74) is -1.45. The van der Waals surface area contributed by atoms with Gasteiger partial charge in [0.05, 0.1) is 12.0 Å². The molecule has 1 amide bonds. The van der Waals surface area contributed by atoms with Gasteiger partial charge in [-0.2, -0.15) is 0 Å². The summed E-state index contributed by atoms with van der Waals surface area (Å²) in [6, 6.07) is 2.80. The number of carbonyl (C=O) groups is 1. The molecule has 37 heavy (non-hydrogen) atoms. The lowest BCUT2D eigenvalue weighted by Gasteiger charge is -2.23. The molecule has 0 bridgehead atoms. The molecule has 1 saturated heterocycles. The number of hydrogen-bond acceptors (Lipinski definition) is 9. The average molecular weight is 537 g/mol. The predicted octanol–water partition coefficient (Wildman–Crippen LogP) is -1.26. The summed E-state index contributed by atoms with van der Waals surface area (Å²) in [5, 5.41) is 13.5. The van der Waals surface area contributed by atoms with Crippen LogP contribution in [0.4, 0.5) is 0 Å². The van der Waals surface area contributed by atoms with Gasteiger partial charge in [0.1, 0.15) is 29.5 Å². The van der Waals surface area contributed by atoms with E-state index in [4.69, 9.17) is 14.5 Å². The smallest absolute Gasteiger partial charge is 0.388 e. The van der Waals surface area contributed by atoms with Crippen LogP contribution in [0.1, 0.15) is 29.2 Å². The summed E-state index contributed by atoms with van der Waals surface area (Å²) in [6.07, 6.45) is -2.05. The van der Waals surface area contributed by atoms with Crippen LogP contribution in [-0.4, -0.2) is 64.8 Å².